The zero-order chi connectivity index (χ0) is 19.5. The molecule has 0 aliphatic rings. The first-order chi connectivity index (χ1) is 13.7. The number of nitrogens with two attached hydrogens (primary N) is 1. The van der Waals surface area contributed by atoms with Gasteiger partial charge in [-0.15, -0.1) is 0 Å². The van der Waals surface area contributed by atoms with E-state index in [4.69, 9.17) is 10.5 Å². The molecule has 4 nitrogen and oxygen atoms in total. The third-order valence-corrected chi connectivity index (χ3v) is 5.75. The maximum absolute atomic E-state index is 5.74. The second-order valence-corrected chi connectivity index (χ2v) is 7.71. The van der Waals surface area contributed by atoms with E-state index in [1.807, 2.05) is 25.3 Å². The molecule has 0 saturated heterocycles. The van der Waals surface area contributed by atoms with Crippen molar-refractivity contribution in [3.8, 4) is 17.0 Å². The molecule has 0 bridgehead atoms. The van der Waals surface area contributed by atoms with Gasteiger partial charge in [-0.3, -0.25) is 4.98 Å². The Morgan fingerprint density at radius 3 is 2.82 bits per heavy atom. The van der Waals surface area contributed by atoms with Crippen LogP contribution in [0.25, 0.3) is 33.1 Å². The van der Waals surface area contributed by atoms with Crippen molar-refractivity contribution in [3.05, 3.63) is 58.7 Å². The van der Waals surface area contributed by atoms with Crippen molar-refractivity contribution >= 4 is 37.7 Å². The number of aryl methyl sites for hydroxylation is 1. The van der Waals surface area contributed by atoms with Gasteiger partial charge in [0, 0.05) is 32.5 Å². The number of fused-ring (bicyclic) bond motifs is 2. The van der Waals surface area contributed by atoms with E-state index < -0.39 is 0 Å². The van der Waals surface area contributed by atoms with E-state index in [-0.39, 0.29) is 0 Å². The van der Waals surface area contributed by atoms with E-state index in [1.165, 1.54) is 10.9 Å². The van der Waals surface area contributed by atoms with Gasteiger partial charge in [-0.1, -0.05) is 22.0 Å². The SMILES string of the molecule is CCOc1ccc2[nH]c(-c3ccc(Br)c4cccnc34)c(CCCCN)c2c1. The van der Waals surface area contributed by atoms with Crippen LogP contribution in [0.3, 0.4) is 0 Å². The molecular formula is C23H24BrN3O. The highest BCUT2D eigenvalue weighted by Crippen LogP contribution is 2.38. The van der Waals surface area contributed by atoms with Crippen molar-refractivity contribution in [3.63, 3.8) is 0 Å². The van der Waals surface area contributed by atoms with Gasteiger partial charge in [0.25, 0.3) is 0 Å². The van der Waals surface area contributed by atoms with Gasteiger partial charge in [-0.2, -0.15) is 0 Å². The van der Waals surface area contributed by atoms with Crippen LogP contribution in [0, 0.1) is 0 Å². The van der Waals surface area contributed by atoms with Crippen molar-refractivity contribution in [2.24, 2.45) is 5.73 Å². The summed E-state index contributed by atoms with van der Waals surface area (Å²) in [4.78, 5) is 8.32. The molecule has 0 atom stereocenters. The lowest BCUT2D eigenvalue weighted by Crippen LogP contribution is -1.99. The van der Waals surface area contributed by atoms with E-state index in [0.717, 1.165) is 57.2 Å². The Morgan fingerprint density at radius 1 is 1.11 bits per heavy atom. The summed E-state index contributed by atoms with van der Waals surface area (Å²) in [6, 6.07) is 14.6. The smallest absolute Gasteiger partial charge is 0.120 e. The number of pyridine rings is 1. The molecule has 4 aromatic rings. The van der Waals surface area contributed by atoms with Crippen LogP contribution in [-0.2, 0) is 6.42 Å². The summed E-state index contributed by atoms with van der Waals surface area (Å²) in [7, 11) is 0. The van der Waals surface area contributed by atoms with Crippen LogP contribution in [0.2, 0.25) is 0 Å². The van der Waals surface area contributed by atoms with E-state index >= 15 is 0 Å². The molecule has 0 radical (unpaired) electrons. The number of hydrogen-bond donors (Lipinski definition) is 2. The highest BCUT2D eigenvalue weighted by Gasteiger charge is 2.17. The molecule has 28 heavy (non-hydrogen) atoms. The lowest BCUT2D eigenvalue weighted by atomic mass is 9.98. The number of aromatic nitrogens is 2. The minimum atomic E-state index is 0.659. The zero-order valence-corrected chi connectivity index (χ0v) is 17.6. The number of rotatable bonds is 7. The summed E-state index contributed by atoms with van der Waals surface area (Å²) in [5, 5.41) is 2.33. The average molecular weight is 438 g/mol. The Morgan fingerprint density at radius 2 is 2.00 bits per heavy atom. The lowest BCUT2D eigenvalue weighted by molar-refractivity contribution is 0.340. The van der Waals surface area contributed by atoms with Crippen molar-refractivity contribution in [1.82, 2.24) is 9.97 Å². The summed E-state index contributed by atoms with van der Waals surface area (Å²) in [5.41, 5.74) is 11.4. The van der Waals surface area contributed by atoms with Crippen molar-refractivity contribution in [2.75, 3.05) is 13.2 Å². The van der Waals surface area contributed by atoms with Gasteiger partial charge < -0.3 is 15.5 Å². The van der Waals surface area contributed by atoms with Gasteiger partial charge in [0.15, 0.2) is 0 Å². The average Bonchev–Trinajstić information content (AvgIpc) is 3.07. The molecule has 3 N–H and O–H groups in total. The Bertz CT molecular complexity index is 1120. The molecule has 4 rings (SSSR count). The van der Waals surface area contributed by atoms with E-state index in [1.54, 1.807) is 0 Å². The molecule has 0 unspecified atom stereocenters. The van der Waals surface area contributed by atoms with Crippen LogP contribution < -0.4 is 10.5 Å². The highest BCUT2D eigenvalue weighted by molar-refractivity contribution is 9.10. The summed E-state index contributed by atoms with van der Waals surface area (Å²) < 4.78 is 6.80. The number of halogens is 1. The summed E-state index contributed by atoms with van der Waals surface area (Å²) in [6.45, 7) is 3.38. The third kappa shape index (κ3) is 3.52. The molecule has 0 aliphatic carbocycles. The first-order valence-corrected chi connectivity index (χ1v) is 10.5. The quantitative estimate of drug-likeness (QED) is 0.357. The van der Waals surface area contributed by atoms with Crippen molar-refractivity contribution < 1.29 is 4.74 Å². The number of nitrogens with zero attached hydrogens (tertiary/aromatic N) is 1. The van der Waals surface area contributed by atoms with Gasteiger partial charge in [-0.25, -0.2) is 0 Å². The maximum atomic E-state index is 5.74. The number of nitrogens with one attached hydrogen (secondary N) is 1. The largest absolute Gasteiger partial charge is 0.494 e. The molecule has 0 saturated carbocycles. The molecule has 0 fully saturated rings. The van der Waals surface area contributed by atoms with Crippen molar-refractivity contribution in [2.45, 2.75) is 26.2 Å². The molecule has 144 valence electrons. The second kappa shape index (κ2) is 8.33. The molecule has 0 aliphatic heterocycles. The van der Waals surface area contributed by atoms with Gasteiger partial charge in [0.05, 0.1) is 17.8 Å². The Hall–Kier alpha value is -2.37. The number of benzene rings is 2. The Kier molecular flexibility index (Phi) is 5.64. The monoisotopic (exact) mass is 437 g/mol. The number of aromatic amines is 1. The minimum absolute atomic E-state index is 0.659. The van der Waals surface area contributed by atoms with Crippen LogP contribution in [0.4, 0.5) is 0 Å². The molecule has 0 spiro atoms. The third-order valence-electron chi connectivity index (χ3n) is 5.06. The van der Waals surface area contributed by atoms with Crippen LogP contribution in [-0.4, -0.2) is 23.1 Å². The number of unbranched alkanes of at least 4 members (excludes halogenated alkanes) is 1. The van der Waals surface area contributed by atoms with Crippen LogP contribution in [0.5, 0.6) is 5.75 Å². The number of H-pyrrole nitrogens is 1. The normalized spacial score (nSPS) is 11.4. The topological polar surface area (TPSA) is 63.9 Å². The number of hydrogen-bond acceptors (Lipinski definition) is 3. The first kappa shape index (κ1) is 19.0. The molecule has 2 aromatic carbocycles. The lowest BCUT2D eigenvalue weighted by Gasteiger charge is -2.09. The van der Waals surface area contributed by atoms with Gasteiger partial charge in [0.1, 0.15) is 5.75 Å². The Labute approximate surface area is 173 Å². The number of ether oxygens (including phenoxy) is 1. The van der Waals surface area contributed by atoms with E-state index in [0.29, 0.717) is 13.2 Å². The van der Waals surface area contributed by atoms with Gasteiger partial charge >= 0.3 is 0 Å². The maximum Gasteiger partial charge on any atom is 0.120 e. The molecule has 5 heteroatoms. The fraction of sp³-hybridized carbons (Fsp3) is 0.261. The minimum Gasteiger partial charge on any atom is -0.494 e. The predicted molar refractivity (Wildman–Crippen MR) is 120 cm³/mol. The molecular weight excluding hydrogens is 414 g/mol. The Balaban J connectivity index is 1.93. The first-order valence-electron chi connectivity index (χ1n) is 9.74. The van der Waals surface area contributed by atoms with E-state index in [9.17, 15) is 0 Å². The van der Waals surface area contributed by atoms with Crippen LogP contribution >= 0.6 is 15.9 Å². The standard InChI is InChI=1S/C23H24BrN3O/c1-2-28-15-8-11-21-19(14-15)16(6-3-4-12-25)23(27-21)18-9-10-20(24)17-7-5-13-26-22(17)18/h5,7-11,13-14,27H,2-4,6,12,25H2,1H3. The summed E-state index contributed by atoms with van der Waals surface area (Å²) in [5.74, 6) is 0.902. The predicted octanol–water partition coefficient (Wildman–Crippen LogP) is 5.83. The molecule has 2 aromatic heterocycles. The van der Waals surface area contributed by atoms with E-state index in [2.05, 4.69) is 56.2 Å². The summed E-state index contributed by atoms with van der Waals surface area (Å²) >= 11 is 3.65. The fourth-order valence-corrected chi connectivity index (χ4v) is 4.21. The van der Waals surface area contributed by atoms with Gasteiger partial charge in [0.2, 0.25) is 0 Å². The van der Waals surface area contributed by atoms with Gasteiger partial charge in [-0.05, 0) is 74.7 Å². The summed E-state index contributed by atoms with van der Waals surface area (Å²) in [6.07, 6.45) is 4.88. The zero-order valence-electron chi connectivity index (χ0n) is 16.0. The van der Waals surface area contributed by atoms with Crippen LogP contribution in [0.1, 0.15) is 25.3 Å². The van der Waals surface area contributed by atoms with Crippen molar-refractivity contribution in [1.29, 1.82) is 0 Å². The second-order valence-electron chi connectivity index (χ2n) is 6.86. The molecule has 0 amide bonds. The fourth-order valence-electron chi connectivity index (χ4n) is 3.76. The van der Waals surface area contributed by atoms with Crippen LogP contribution in [0.15, 0.2) is 53.1 Å². The highest BCUT2D eigenvalue weighted by atomic mass is 79.9. The molecule has 2 heterocycles.